The minimum Gasteiger partial charge on any atom is -0.319 e. The maximum atomic E-state index is 11.1. The second-order valence-corrected chi connectivity index (χ2v) is 5.65. The summed E-state index contributed by atoms with van der Waals surface area (Å²) >= 11 is 0. The van der Waals surface area contributed by atoms with Crippen LogP contribution in [0.25, 0.3) is 11.1 Å². The van der Waals surface area contributed by atoms with Gasteiger partial charge in [0, 0.05) is 20.3 Å². The van der Waals surface area contributed by atoms with Crippen molar-refractivity contribution in [3.05, 3.63) is 60.2 Å². The molecule has 0 spiro atoms. The van der Waals surface area contributed by atoms with Crippen molar-refractivity contribution in [2.24, 2.45) is 10.3 Å². The molecule has 0 aliphatic carbocycles. The first kappa shape index (κ1) is 19.1. The smallest absolute Gasteiger partial charge is 0.319 e. The predicted molar refractivity (Wildman–Crippen MR) is 99.7 cm³/mol. The first-order chi connectivity index (χ1) is 12.5. The molecule has 0 atom stereocenters. The summed E-state index contributed by atoms with van der Waals surface area (Å²) in [6.07, 6.45) is 0.269. The van der Waals surface area contributed by atoms with Crippen LogP contribution in [-0.2, 0) is 19.3 Å². The number of rotatable bonds is 6. The Morgan fingerprint density at radius 3 is 1.88 bits per heavy atom. The fourth-order valence-electron chi connectivity index (χ4n) is 2.21. The van der Waals surface area contributed by atoms with Gasteiger partial charge in [-0.25, -0.2) is 9.59 Å². The molecule has 0 bridgehead atoms. The van der Waals surface area contributed by atoms with Crippen molar-refractivity contribution in [3.8, 4) is 11.1 Å². The monoisotopic (exact) mass is 352 g/mol. The number of nitrogens with zero attached hydrogens (tertiary/aromatic N) is 2. The Bertz CT molecular complexity index is 825. The number of carbonyl (C=O) groups excluding carboxylic acids is 2. The van der Waals surface area contributed by atoms with Gasteiger partial charge in [-0.1, -0.05) is 64.9 Å². The molecule has 0 saturated carbocycles. The molecule has 2 aromatic rings. The molecule has 0 aliphatic heterocycles. The highest BCUT2D eigenvalue weighted by Gasteiger charge is 2.09. The highest BCUT2D eigenvalue weighted by atomic mass is 16.7. The Morgan fingerprint density at radius 2 is 1.31 bits per heavy atom. The van der Waals surface area contributed by atoms with Crippen molar-refractivity contribution < 1.29 is 19.3 Å². The van der Waals surface area contributed by atoms with E-state index in [1.54, 1.807) is 6.92 Å². The molecule has 134 valence electrons. The molecule has 0 radical (unpaired) electrons. The molecule has 2 aromatic carbocycles. The third-order valence-corrected chi connectivity index (χ3v) is 3.36. The lowest BCUT2D eigenvalue weighted by molar-refractivity contribution is -0.141. The second-order valence-electron chi connectivity index (χ2n) is 5.65. The van der Waals surface area contributed by atoms with Crippen molar-refractivity contribution in [1.29, 1.82) is 0 Å². The van der Waals surface area contributed by atoms with Gasteiger partial charge in [-0.2, -0.15) is 0 Å². The largest absolute Gasteiger partial charge is 0.331 e. The van der Waals surface area contributed by atoms with Crippen molar-refractivity contribution >= 4 is 23.4 Å². The van der Waals surface area contributed by atoms with Gasteiger partial charge in [0.15, 0.2) is 0 Å². The predicted octanol–water partition coefficient (Wildman–Crippen LogP) is 3.95. The minimum atomic E-state index is -0.516. The van der Waals surface area contributed by atoms with Crippen LogP contribution in [0.15, 0.2) is 64.9 Å². The van der Waals surface area contributed by atoms with E-state index >= 15 is 0 Å². The van der Waals surface area contributed by atoms with Crippen LogP contribution in [0.5, 0.6) is 0 Å². The van der Waals surface area contributed by atoms with Gasteiger partial charge in [-0.15, -0.1) is 0 Å². The lowest BCUT2D eigenvalue weighted by Gasteiger charge is -2.08. The van der Waals surface area contributed by atoms with Crippen LogP contribution in [-0.4, -0.2) is 23.4 Å². The van der Waals surface area contributed by atoms with Gasteiger partial charge < -0.3 is 9.68 Å². The van der Waals surface area contributed by atoms with Gasteiger partial charge in [-0.3, -0.25) is 0 Å². The van der Waals surface area contributed by atoms with Crippen LogP contribution in [0, 0.1) is 0 Å². The molecule has 0 saturated heterocycles. The molecular formula is C20H20N2O4. The first-order valence-corrected chi connectivity index (χ1v) is 8.07. The Hall–Kier alpha value is -3.28. The standard InChI is InChI=1S/C20H20N2O4/c1-14(21-25-15(2)23)13-20(22-26-16(3)24)19-11-9-18(10-12-19)17-7-5-4-6-8-17/h4-12H,13H2,1-3H3/b21-14+,22-20-. The van der Waals surface area contributed by atoms with Gasteiger partial charge in [0.1, 0.15) is 0 Å². The van der Waals surface area contributed by atoms with Crippen molar-refractivity contribution in [1.82, 2.24) is 0 Å². The molecule has 2 rings (SSSR count). The van der Waals surface area contributed by atoms with E-state index in [9.17, 15) is 9.59 Å². The lowest BCUT2D eigenvalue weighted by atomic mass is 10.0. The summed E-state index contributed by atoms with van der Waals surface area (Å²) in [7, 11) is 0. The van der Waals surface area contributed by atoms with Crippen molar-refractivity contribution in [2.75, 3.05) is 0 Å². The van der Waals surface area contributed by atoms with Gasteiger partial charge in [0.25, 0.3) is 0 Å². The van der Waals surface area contributed by atoms with Crippen LogP contribution in [0.2, 0.25) is 0 Å². The van der Waals surface area contributed by atoms with E-state index < -0.39 is 11.9 Å². The maximum Gasteiger partial charge on any atom is 0.331 e. The third kappa shape index (κ3) is 5.98. The zero-order chi connectivity index (χ0) is 18.9. The van der Waals surface area contributed by atoms with Crippen molar-refractivity contribution in [3.63, 3.8) is 0 Å². The van der Waals surface area contributed by atoms with Crippen LogP contribution >= 0.6 is 0 Å². The highest BCUT2D eigenvalue weighted by molar-refractivity contribution is 6.12. The van der Waals surface area contributed by atoms with E-state index in [0.717, 1.165) is 16.7 Å². The number of benzene rings is 2. The average Bonchev–Trinajstić information content (AvgIpc) is 2.64. The SMILES string of the molecule is CC(=O)O/N=C(/C/C(C)=N/OC(C)=O)c1ccc(-c2ccccc2)cc1. The third-order valence-electron chi connectivity index (χ3n) is 3.36. The van der Waals surface area contributed by atoms with E-state index in [0.29, 0.717) is 11.4 Å². The number of carbonyl (C=O) groups is 2. The number of hydrogen-bond acceptors (Lipinski definition) is 6. The first-order valence-electron chi connectivity index (χ1n) is 8.07. The summed E-state index contributed by atoms with van der Waals surface area (Å²) in [4.78, 5) is 31.4. The Kier molecular flexibility index (Phi) is 6.79. The van der Waals surface area contributed by atoms with E-state index in [2.05, 4.69) is 15.1 Å². The fourth-order valence-corrected chi connectivity index (χ4v) is 2.21. The van der Waals surface area contributed by atoms with Gasteiger partial charge in [0.2, 0.25) is 0 Å². The highest BCUT2D eigenvalue weighted by Crippen LogP contribution is 2.20. The van der Waals surface area contributed by atoms with E-state index in [-0.39, 0.29) is 6.42 Å². The van der Waals surface area contributed by atoms with E-state index in [4.69, 9.17) is 4.84 Å². The lowest BCUT2D eigenvalue weighted by Crippen LogP contribution is -2.10. The molecule has 0 amide bonds. The van der Waals surface area contributed by atoms with Gasteiger partial charge >= 0.3 is 11.9 Å². The minimum absolute atomic E-state index is 0.269. The summed E-state index contributed by atoms with van der Waals surface area (Å²) in [5.74, 6) is -1.02. The Balaban J connectivity index is 2.24. The molecule has 0 aliphatic rings. The molecular weight excluding hydrogens is 332 g/mol. The summed E-state index contributed by atoms with van der Waals surface area (Å²) in [5.41, 5.74) is 3.98. The van der Waals surface area contributed by atoms with E-state index in [1.165, 1.54) is 13.8 Å². The molecule has 6 nitrogen and oxygen atoms in total. The van der Waals surface area contributed by atoms with Crippen LogP contribution in [0.3, 0.4) is 0 Å². The number of hydrogen-bond donors (Lipinski definition) is 0. The summed E-state index contributed by atoms with van der Waals surface area (Å²) in [5, 5.41) is 7.64. The van der Waals surface area contributed by atoms with Crippen LogP contribution in [0.1, 0.15) is 32.8 Å². The normalized spacial score (nSPS) is 11.8. The second kappa shape index (κ2) is 9.27. The molecule has 0 heterocycles. The molecule has 6 heteroatoms. The molecule has 26 heavy (non-hydrogen) atoms. The Morgan fingerprint density at radius 1 is 0.769 bits per heavy atom. The zero-order valence-corrected chi connectivity index (χ0v) is 14.9. The zero-order valence-electron chi connectivity index (χ0n) is 14.9. The summed E-state index contributed by atoms with van der Waals surface area (Å²) < 4.78 is 0. The average molecular weight is 352 g/mol. The topological polar surface area (TPSA) is 77.3 Å². The molecule has 0 fully saturated rings. The summed E-state index contributed by atoms with van der Waals surface area (Å²) in [6, 6.07) is 17.7. The Labute approximate surface area is 152 Å². The van der Waals surface area contributed by atoms with Crippen LogP contribution in [0.4, 0.5) is 0 Å². The van der Waals surface area contributed by atoms with Crippen molar-refractivity contribution in [2.45, 2.75) is 27.2 Å². The molecule has 0 unspecified atom stereocenters. The number of oxime groups is 2. The fraction of sp³-hybridized carbons (Fsp3) is 0.200. The van der Waals surface area contributed by atoms with Gasteiger partial charge in [-0.05, 0) is 23.6 Å². The maximum absolute atomic E-state index is 11.1. The molecule has 0 N–H and O–H groups in total. The molecule has 0 aromatic heterocycles. The van der Waals surface area contributed by atoms with E-state index in [1.807, 2.05) is 54.6 Å². The van der Waals surface area contributed by atoms with Gasteiger partial charge in [0.05, 0.1) is 11.4 Å². The summed E-state index contributed by atoms with van der Waals surface area (Å²) in [6.45, 7) is 4.25. The quantitative estimate of drug-likeness (QED) is 0.448. The van der Waals surface area contributed by atoms with Crippen LogP contribution < -0.4 is 0 Å².